The van der Waals surface area contributed by atoms with Gasteiger partial charge in [-0.15, -0.1) is 10.2 Å². The molecule has 2 unspecified atom stereocenters. The number of pyridine rings is 2. The van der Waals surface area contributed by atoms with Gasteiger partial charge in [0.1, 0.15) is 11.4 Å². The molecule has 2 atom stereocenters. The van der Waals surface area contributed by atoms with Gasteiger partial charge in [-0.2, -0.15) is 0 Å². The normalized spacial score (nSPS) is 23.6. The predicted molar refractivity (Wildman–Crippen MR) is 153 cm³/mol. The molecule has 204 valence electrons. The fourth-order valence-electron chi connectivity index (χ4n) is 5.40. The van der Waals surface area contributed by atoms with Crippen molar-refractivity contribution in [1.82, 2.24) is 24.5 Å². The Balaban J connectivity index is 1.32. The van der Waals surface area contributed by atoms with Crippen LogP contribution in [0, 0.1) is 5.41 Å². The lowest BCUT2D eigenvalue weighted by Gasteiger charge is -2.20. The van der Waals surface area contributed by atoms with E-state index < -0.39 is 12.2 Å². The average Bonchev–Trinajstić information content (AvgIpc) is 3.73. The maximum Gasteiger partial charge on any atom is 0.177 e. The molecule has 40 heavy (non-hydrogen) atoms. The number of nitrogens with one attached hydrogen (secondary N) is 2. The molecule has 3 aliphatic heterocycles. The highest BCUT2D eigenvalue weighted by Crippen LogP contribution is 2.36. The van der Waals surface area contributed by atoms with E-state index >= 15 is 0 Å². The minimum atomic E-state index is -0.422. The molecule has 13 nitrogen and oxygen atoms in total. The van der Waals surface area contributed by atoms with Crippen LogP contribution in [0.25, 0.3) is 11.0 Å². The van der Waals surface area contributed by atoms with Gasteiger partial charge in [0.05, 0.1) is 34.7 Å². The van der Waals surface area contributed by atoms with Gasteiger partial charge in [-0.1, -0.05) is 12.1 Å². The molecule has 6 N–H and O–H groups in total. The zero-order valence-corrected chi connectivity index (χ0v) is 21.6. The van der Waals surface area contributed by atoms with Crippen molar-refractivity contribution < 1.29 is 10.2 Å². The summed E-state index contributed by atoms with van der Waals surface area (Å²) in [5.74, 6) is 1.93. The van der Waals surface area contributed by atoms with E-state index in [0.29, 0.717) is 73.6 Å². The summed E-state index contributed by atoms with van der Waals surface area (Å²) < 4.78 is 3.51. The molecule has 4 aromatic rings. The van der Waals surface area contributed by atoms with Gasteiger partial charge < -0.3 is 31.1 Å². The van der Waals surface area contributed by atoms with E-state index in [-0.39, 0.29) is 11.5 Å². The van der Waals surface area contributed by atoms with Crippen LogP contribution < -0.4 is 20.9 Å². The van der Waals surface area contributed by atoms with E-state index in [1.165, 1.54) is 6.08 Å². The number of fused-ring (bicyclic) bond motifs is 2. The molecule has 0 radical (unpaired) electrons. The molecule has 0 amide bonds. The number of rotatable bonds is 4. The van der Waals surface area contributed by atoms with Gasteiger partial charge in [0, 0.05) is 38.6 Å². The highest BCUT2D eigenvalue weighted by molar-refractivity contribution is 6.50. The van der Waals surface area contributed by atoms with Crippen LogP contribution in [0.5, 0.6) is 0 Å². The molecule has 0 saturated carbocycles. The number of hydrogen-bond donors (Lipinski definition) is 5. The van der Waals surface area contributed by atoms with Crippen LogP contribution in [0.2, 0.25) is 0 Å². The second kappa shape index (κ2) is 9.47. The third-order valence-electron chi connectivity index (χ3n) is 7.43. The monoisotopic (exact) mass is 539 g/mol. The van der Waals surface area contributed by atoms with E-state index in [1.54, 1.807) is 9.03 Å². The third-order valence-corrected chi connectivity index (χ3v) is 7.43. The number of β-amino-alcohol motifs (C(OH)–C–C–N with tert-alkyl or cyclic N) is 2. The molecule has 2 fully saturated rings. The van der Waals surface area contributed by atoms with Gasteiger partial charge in [-0.05, 0) is 43.2 Å². The minimum Gasteiger partial charge on any atom is -0.396 e. The van der Waals surface area contributed by atoms with Crippen LogP contribution in [-0.4, -0.2) is 85.2 Å². The largest absolute Gasteiger partial charge is 0.396 e. The number of anilines is 2. The highest BCUT2D eigenvalue weighted by Gasteiger charge is 2.29. The molecule has 0 aliphatic carbocycles. The Hall–Kier alpha value is -4.75. The second-order valence-electron chi connectivity index (χ2n) is 10.2. The van der Waals surface area contributed by atoms with Crippen molar-refractivity contribution in [2.75, 3.05) is 36.0 Å². The summed E-state index contributed by atoms with van der Waals surface area (Å²) in [6, 6.07) is 11.5. The van der Waals surface area contributed by atoms with Crippen molar-refractivity contribution in [2.24, 2.45) is 15.7 Å². The first-order chi connectivity index (χ1) is 19.4. The van der Waals surface area contributed by atoms with Gasteiger partial charge >= 0.3 is 0 Å². The molecule has 7 heterocycles. The number of amidine groups is 2. The fraction of sp³-hybridized carbons (Fsp3) is 0.296. The molecule has 0 aromatic carbocycles. The molecule has 4 aromatic heterocycles. The van der Waals surface area contributed by atoms with Crippen LogP contribution in [0.3, 0.4) is 0 Å². The zero-order valence-electron chi connectivity index (χ0n) is 21.6. The summed E-state index contributed by atoms with van der Waals surface area (Å²) in [6.07, 6.45) is 5.71. The molecule has 0 bridgehead atoms. The first kappa shape index (κ1) is 24.3. The van der Waals surface area contributed by atoms with Crippen molar-refractivity contribution in [2.45, 2.75) is 25.0 Å². The lowest BCUT2D eigenvalue weighted by Crippen LogP contribution is -2.42. The Morgan fingerprint density at radius 3 is 1.85 bits per heavy atom. The van der Waals surface area contributed by atoms with Gasteiger partial charge in [0.15, 0.2) is 23.3 Å². The summed E-state index contributed by atoms with van der Waals surface area (Å²) in [4.78, 5) is 13.8. The maximum atomic E-state index is 10.2. The smallest absolute Gasteiger partial charge is 0.177 e. The van der Waals surface area contributed by atoms with Gasteiger partial charge in [0.2, 0.25) is 0 Å². The Morgan fingerprint density at radius 2 is 1.35 bits per heavy atom. The summed E-state index contributed by atoms with van der Waals surface area (Å²) in [5.41, 5.74) is 9.56. The quantitative estimate of drug-likeness (QED) is 0.259. The number of aromatic nitrogens is 4. The van der Waals surface area contributed by atoms with Crippen molar-refractivity contribution in [3.8, 4) is 0 Å². The molecule has 13 heteroatoms. The van der Waals surface area contributed by atoms with Crippen LogP contribution >= 0.6 is 0 Å². The lowest BCUT2D eigenvalue weighted by atomic mass is 10.2. The predicted octanol–water partition coefficient (Wildman–Crippen LogP) is 1.35. The van der Waals surface area contributed by atoms with Crippen LogP contribution in [0.15, 0.2) is 70.5 Å². The average molecular weight is 540 g/mol. The van der Waals surface area contributed by atoms with Crippen molar-refractivity contribution in [3.05, 3.63) is 60.6 Å². The van der Waals surface area contributed by atoms with Crippen molar-refractivity contribution in [1.29, 1.82) is 5.41 Å². The molecular weight excluding hydrogens is 510 g/mol. The lowest BCUT2D eigenvalue weighted by molar-refractivity contribution is 0.198. The number of aliphatic imine (C=N–C) groups is 2. The number of hydrogen-bond acceptors (Lipinski definition) is 10. The molecule has 2 saturated heterocycles. The second-order valence-corrected chi connectivity index (χ2v) is 10.2. The van der Waals surface area contributed by atoms with Crippen LogP contribution in [0.4, 0.5) is 23.0 Å². The standard InChI is InChI=1S/C27H29N11O2/c28-18-13-19(29)25(31-23-21-6-2-4-10-38(21)34-27(23)36-12-8-17(40)15-36)32-24(18)30-22-20-5-1-3-9-37(20)33-26(22)35-11-7-16(39)14-35/h1-6,9-10,13,16-17,28,39-40H,7-8,11-12,14-15,29H2,(H,30,31,32). The van der Waals surface area contributed by atoms with E-state index in [0.717, 1.165) is 11.0 Å². The number of aliphatic hydroxyl groups is 2. The maximum absolute atomic E-state index is 10.2. The van der Waals surface area contributed by atoms with Crippen LogP contribution in [0.1, 0.15) is 12.8 Å². The molecule has 0 spiro atoms. The SMILES string of the molecule is N=C1C=C(N)/C(=N\c2c(N3CCC(O)C3)nn3ccccc23)N/C1=N\c1c(N2CCC(O)C2)nn2ccccc12. The van der Waals surface area contributed by atoms with Crippen molar-refractivity contribution in [3.63, 3.8) is 0 Å². The number of nitrogens with two attached hydrogens (primary N) is 1. The van der Waals surface area contributed by atoms with Gasteiger partial charge in [-0.3, -0.25) is 5.41 Å². The minimum absolute atomic E-state index is 0.113. The first-order valence-electron chi connectivity index (χ1n) is 13.3. The fourth-order valence-corrected chi connectivity index (χ4v) is 5.40. The summed E-state index contributed by atoms with van der Waals surface area (Å²) in [7, 11) is 0. The molecule has 7 rings (SSSR count). The summed E-state index contributed by atoms with van der Waals surface area (Å²) in [5, 5.41) is 41.6. The Labute approximate surface area is 229 Å². The van der Waals surface area contributed by atoms with Crippen molar-refractivity contribution >= 4 is 51.4 Å². The summed E-state index contributed by atoms with van der Waals surface area (Å²) >= 11 is 0. The number of aliphatic hydroxyl groups excluding tert-OH is 2. The Kier molecular flexibility index (Phi) is 5.75. The topological polar surface area (TPSA) is 168 Å². The van der Waals surface area contributed by atoms with E-state index in [2.05, 4.69) is 5.32 Å². The van der Waals surface area contributed by atoms with E-state index in [9.17, 15) is 10.2 Å². The molecular formula is C27H29N11O2. The Bertz CT molecular complexity index is 1730. The first-order valence-corrected chi connectivity index (χ1v) is 13.3. The third kappa shape index (κ3) is 4.15. The number of nitrogens with zero attached hydrogens (tertiary/aromatic N) is 8. The van der Waals surface area contributed by atoms with Gasteiger partial charge in [-0.25, -0.2) is 19.0 Å². The highest BCUT2D eigenvalue weighted by atomic mass is 16.3. The summed E-state index contributed by atoms with van der Waals surface area (Å²) in [6.45, 7) is 2.27. The zero-order chi connectivity index (χ0) is 27.4. The van der Waals surface area contributed by atoms with Gasteiger partial charge in [0.25, 0.3) is 0 Å². The molecule has 3 aliphatic rings. The Morgan fingerprint density at radius 1 is 0.825 bits per heavy atom. The van der Waals surface area contributed by atoms with Crippen LogP contribution in [-0.2, 0) is 0 Å². The van der Waals surface area contributed by atoms with E-state index in [1.807, 2.05) is 58.6 Å². The van der Waals surface area contributed by atoms with E-state index in [4.69, 9.17) is 31.3 Å².